The summed E-state index contributed by atoms with van der Waals surface area (Å²) in [6, 6.07) is 8.94. The molecular formula is C16H19N5O2S. The van der Waals surface area contributed by atoms with Crippen molar-refractivity contribution in [2.75, 3.05) is 0 Å². The average molecular weight is 345 g/mol. The number of nitrogens with zero attached hydrogens (tertiary/aromatic N) is 3. The molecule has 0 saturated heterocycles. The van der Waals surface area contributed by atoms with Gasteiger partial charge in [0, 0.05) is 13.1 Å². The Morgan fingerprint density at radius 2 is 2.12 bits per heavy atom. The number of benzene rings is 1. The first-order valence-corrected chi connectivity index (χ1v) is 8.26. The van der Waals surface area contributed by atoms with Crippen LogP contribution in [-0.2, 0) is 17.9 Å². The lowest BCUT2D eigenvalue weighted by Crippen LogP contribution is -2.42. The van der Waals surface area contributed by atoms with E-state index in [0.29, 0.717) is 18.2 Å². The van der Waals surface area contributed by atoms with Crippen LogP contribution in [0.5, 0.6) is 0 Å². The van der Waals surface area contributed by atoms with Crippen molar-refractivity contribution in [2.45, 2.75) is 30.4 Å². The zero-order valence-corrected chi connectivity index (χ0v) is 14.1. The molecule has 7 nitrogen and oxygen atoms in total. The van der Waals surface area contributed by atoms with Gasteiger partial charge in [-0.3, -0.25) is 10.1 Å². The van der Waals surface area contributed by atoms with E-state index in [1.165, 1.54) is 11.8 Å². The lowest BCUT2D eigenvalue weighted by molar-refractivity contribution is -0.119. The molecule has 3 amide bonds. The second kappa shape index (κ2) is 8.88. The van der Waals surface area contributed by atoms with Crippen LogP contribution in [0, 0.1) is 0 Å². The molecule has 1 aromatic carbocycles. The van der Waals surface area contributed by atoms with Gasteiger partial charge in [0.1, 0.15) is 6.33 Å². The van der Waals surface area contributed by atoms with Gasteiger partial charge in [0.2, 0.25) is 5.91 Å². The molecule has 0 aliphatic heterocycles. The molecule has 0 bridgehead atoms. The van der Waals surface area contributed by atoms with Gasteiger partial charge in [-0.05, 0) is 12.5 Å². The molecular weight excluding hydrogens is 326 g/mol. The number of thioether (sulfide) groups is 1. The molecule has 2 N–H and O–H groups in total. The highest BCUT2D eigenvalue weighted by atomic mass is 32.2. The topological polar surface area (TPSA) is 88.9 Å². The van der Waals surface area contributed by atoms with Gasteiger partial charge in [-0.1, -0.05) is 48.2 Å². The predicted molar refractivity (Wildman–Crippen MR) is 92.4 cm³/mol. The summed E-state index contributed by atoms with van der Waals surface area (Å²) in [7, 11) is 0. The van der Waals surface area contributed by atoms with Crippen LogP contribution in [0.2, 0.25) is 0 Å². The first kappa shape index (κ1) is 17.7. The van der Waals surface area contributed by atoms with Crippen LogP contribution < -0.4 is 10.6 Å². The third-order valence-electron chi connectivity index (χ3n) is 3.09. The third kappa shape index (κ3) is 5.24. The lowest BCUT2D eigenvalue weighted by atomic mass is 10.2. The van der Waals surface area contributed by atoms with E-state index in [9.17, 15) is 9.59 Å². The Kier molecular flexibility index (Phi) is 6.56. The summed E-state index contributed by atoms with van der Waals surface area (Å²) >= 11 is 1.23. The van der Waals surface area contributed by atoms with Crippen LogP contribution >= 0.6 is 11.8 Å². The van der Waals surface area contributed by atoms with Crippen LogP contribution in [0.1, 0.15) is 12.5 Å². The van der Waals surface area contributed by atoms with E-state index < -0.39 is 17.2 Å². The molecule has 0 radical (unpaired) electrons. The number of allylic oxidation sites excluding steroid dienone is 1. The summed E-state index contributed by atoms with van der Waals surface area (Å²) in [5.74, 6) is -0.390. The zero-order chi connectivity index (χ0) is 17.4. The van der Waals surface area contributed by atoms with E-state index in [1.807, 2.05) is 30.3 Å². The van der Waals surface area contributed by atoms with Gasteiger partial charge in [-0.25, -0.2) is 4.79 Å². The largest absolute Gasteiger partial charge is 0.334 e. The number of aromatic nitrogens is 3. The van der Waals surface area contributed by atoms with Gasteiger partial charge in [0.25, 0.3) is 0 Å². The Morgan fingerprint density at radius 1 is 1.38 bits per heavy atom. The molecule has 0 fully saturated rings. The molecule has 24 heavy (non-hydrogen) atoms. The van der Waals surface area contributed by atoms with Gasteiger partial charge in [-0.2, -0.15) is 0 Å². The van der Waals surface area contributed by atoms with Gasteiger partial charge in [-0.15, -0.1) is 16.8 Å². The molecule has 1 aromatic heterocycles. The van der Waals surface area contributed by atoms with E-state index in [-0.39, 0.29) is 0 Å². The standard InChI is InChI=1S/C16H19N5O2S/c1-3-9-21-11-18-20-16(21)24-12(2)14(22)19-15(23)17-10-13-7-5-4-6-8-13/h3-8,11-12H,1,9-10H2,2H3,(H2,17,19,22,23)/t12-/m0/s1. The SMILES string of the molecule is C=CCn1cnnc1S[C@@H](C)C(=O)NC(=O)NCc1ccccc1. The molecule has 0 aliphatic carbocycles. The van der Waals surface area contributed by atoms with Crippen LogP contribution in [0.25, 0.3) is 0 Å². The molecule has 2 rings (SSSR count). The molecule has 0 spiro atoms. The van der Waals surface area contributed by atoms with E-state index in [0.717, 1.165) is 5.56 Å². The van der Waals surface area contributed by atoms with E-state index in [2.05, 4.69) is 27.4 Å². The third-order valence-corrected chi connectivity index (χ3v) is 4.18. The number of nitrogens with one attached hydrogen (secondary N) is 2. The van der Waals surface area contributed by atoms with Crippen LogP contribution in [0.3, 0.4) is 0 Å². The first-order chi connectivity index (χ1) is 11.6. The van der Waals surface area contributed by atoms with Crippen molar-refractivity contribution >= 4 is 23.7 Å². The molecule has 1 atom stereocenters. The van der Waals surface area contributed by atoms with E-state index >= 15 is 0 Å². The predicted octanol–water partition coefficient (Wildman–Crippen LogP) is 1.97. The molecule has 0 saturated carbocycles. The van der Waals surface area contributed by atoms with Crippen molar-refractivity contribution in [3.05, 3.63) is 54.9 Å². The first-order valence-electron chi connectivity index (χ1n) is 7.38. The number of hydrogen-bond acceptors (Lipinski definition) is 5. The Balaban J connectivity index is 1.81. The van der Waals surface area contributed by atoms with Crippen LogP contribution in [0.15, 0.2) is 54.5 Å². The second-order valence-corrected chi connectivity index (χ2v) is 6.28. The molecule has 8 heteroatoms. The number of hydrogen-bond donors (Lipinski definition) is 2. The lowest BCUT2D eigenvalue weighted by Gasteiger charge is -2.12. The van der Waals surface area contributed by atoms with Crippen molar-refractivity contribution in [2.24, 2.45) is 0 Å². The monoisotopic (exact) mass is 345 g/mol. The number of rotatable bonds is 7. The highest BCUT2D eigenvalue weighted by Gasteiger charge is 2.19. The fourth-order valence-electron chi connectivity index (χ4n) is 1.85. The maximum atomic E-state index is 12.1. The molecule has 126 valence electrons. The minimum atomic E-state index is -0.524. The normalized spacial score (nSPS) is 11.5. The van der Waals surface area contributed by atoms with Gasteiger partial charge < -0.3 is 9.88 Å². The minimum absolute atomic E-state index is 0.356. The summed E-state index contributed by atoms with van der Waals surface area (Å²) in [5, 5.41) is 12.9. The van der Waals surface area contributed by atoms with Crippen molar-refractivity contribution in [3.63, 3.8) is 0 Å². The maximum Gasteiger partial charge on any atom is 0.321 e. The fraction of sp³-hybridized carbons (Fsp3) is 0.250. The highest BCUT2D eigenvalue weighted by molar-refractivity contribution is 8.00. The summed E-state index contributed by atoms with van der Waals surface area (Å²) in [6.45, 7) is 6.28. The average Bonchev–Trinajstić information content (AvgIpc) is 3.01. The number of urea groups is 1. The van der Waals surface area contributed by atoms with Crippen LogP contribution in [0.4, 0.5) is 4.79 Å². The van der Waals surface area contributed by atoms with E-state index in [1.54, 1.807) is 23.9 Å². The Hall–Kier alpha value is -2.61. The minimum Gasteiger partial charge on any atom is -0.334 e. The molecule has 1 heterocycles. The molecule has 0 aliphatic rings. The number of imide groups is 1. The van der Waals surface area contributed by atoms with Crippen LogP contribution in [-0.4, -0.2) is 32.0 Å². The smallest absolute Gasteiger partial charge is 0.321 e. The highest BCUT2D eigenvalue weighted by Crippen LogP contribution is 2.20. The van der Waals surface area contributed by atoms with Crippen molar-refractivity contribution in [1.29, 1.82) is 0 Å². The van der Waals surface area contributed by atoms with Crippen molar-refractivity contribution < 1.29 is 9.59 Å². The van der Waals surface area contributed by atoms with E-state index in [4.69, 9.17) is 0 Å². The summed E-state index contributed by atoms with van der Waals surface area (Å²) in [6.07, 6.45) is 3.29. The quantitative estimate of drug-likeness (QED) is 0.592. The molecule has 2 aromatic rings. The Bertz CT molecular complexity index is 702. The number of amides is 3. The zero-order valence-electron chi connectivity index (χ0n) is 13.3. The fourth-order valence-corrected chi connectivity index (χ4v) is 2.68. The summed E-state index contributed by atoms with van der Waals surface area (Å²) in [4.78, 5) is 23.9. The van der Waals surface area contributed by atoms with Crippen molar-refractivity contribution in [3.8, 4) is 0 Å². The molecule has 0 unspecified atom stereocenters. The Labute approximate surface area is 144 Å². The Morgan fingerprint density at radius 3 is 2.83 bits per heavy atom. The number of carbonyl (C=O) groups is 2. The summed E-state index contributed by atoms with van der Waals surface area (Å²) in [5.41, 5.74) is 0.958. The van der Waals surface area contributed by atoms with Gasteiger partial charge in [0.15, 0.2) is 5.16 Å². The van der Waals surface area contributed by atoms with Crippen molar-refractivity contribution in [1.82, 2.24) is 25.4 Å². The second-order valence-electron chi connectivity index (χ2n) is 4.97. The van der Waals surface area contributed by atoms with Gasteiger partial charge >= 0.3 is 6.03 Å². The number of carbonyl (C=O) groups excluding carboxylic acids is 2. The summed E-state index contributed by atoms with van der Waals surface area (Å²) < 4.78 is 1.77. The maximum absolute atomic E-state index is 12.1. The van der Waals surface area contributed by atoms with Gasteiger partial charge in [0.05, 0.1) is 5.25 Å².